The molecule has 5 heteroatoms. The molecule has 0 aromatic rings. The molecular formula is C51H94O5. The molecule has 0 aromatic heterocycles. The molecule has 1 unspecified atom stereocenters. The van der Waals surface area contributed by atoms with E-state index < -0.39 is 6.10 Å². The fourth-order valence-corrected chi connectivity index (χ4v) is 6.95. The van der Waals surface area contributed by atoms with Crippen LogP contribution in [0.15, 0.2) is 36.5 Å². The van der Waals surface area contributed by atoms with E-state index in [1.165, 1.54) is 154 Å². The van der Waals surface area contributed by atoms with E-state index in [4.69, 9.17) is 14.2 Å². The first kappa shape index (κ1) is 54.1. The predicted molar refractivity (Wildman–Crippen MR) is 242 cm³/mol. The van der Waals surface area contributed by atoms with Crippen molar-refractivity contribution in [2.24, 2.45) is 0 Å². The molecule has 0 bridgehead atoms. The van der Waals surface area contributed by atoms with E-state index in [2.05, 4.69) is 57.2 Å². The highest BCUT2D eigenvalue weighted by Gasteiger charge is 2.17. The topological polar surface area (TPSA) is 61.8 Å². The van der Waals surface area contributed by atoms with Gasteiger partial charge in [-0.3, -0.25) is 9.59 Å². The molecule has 0 fully saturated rings. The highest BCUT2D eigenvalue weighted by Crippen LogP contribution is 2.14. The van der Waals surface area contributed by atoms with Crippen molar-refractivity contribution in [3.8, 4) is 0 Å². The molecule has 0 aliphatic rings. The minimum Gasteiger partial charge on any atom is -0.462 e. The number of ether oxygens (including phenoxy) is 3. The van der Waals surface area contributed by atoms with E-state index in [-0.39, 0.29) is 25.2 Å². The minimum atomic E-state index is -0.533. The zero-order chi connectivity index (χ0) is 40.7. The summed E-state index contributed by atoms with van der Waals surface area (Å²) < 4.78 is 17.2. The maximum absolute atomic E-state index is 12.6. The summed E-state index contributed by atoms with van der Waals surface area (Å²) in [6.07, 6.45) is 56.1. The molecular weight excluding hydrogens is 693 g/mol. The zero-order valence-corrected chi connectivity index (χ0v) is 37.7. The van der Waals surface area contributed by atoms with Gasteiger partial charge in [0.25, 0.3) is 0 Å². The molecule has 0 aliphatic carbocycles. The van der Waals surface area contributed by atoms with Crippen LogP contribution in [-0.4, -0.2) is 37.9 Å². The van der Waals surface area contributed by atoms with Crippen molar-refractivity contribution in [2.75, 3.05) is 19.8 Å². The molecule has 0 rings (SSSR count). The van der Waals surface area contributed by atoms with Crippen molar-refractivity contribution >= 4 is 11.9 Å². The molecule has 56 heavy (non-hydrogen) atoms. The van der Waals surface area contributed by atoms with Crippen LogP contribution >= 0.6 is 0 Å². The Balaban J connectivity index is 4.01. The van der Waals surface area contributed by atoms with Crippen molar-refractivity contribution < 1.29 is 23.8 Å². The van der Waals surface area contributed by atoms with Crippen LogP contribution in [0.4, 0.5) is 0 Å². The lowest BCUT2D eigenvalue weighted by atomic mass is 10.1. The van der Waals surface area contributed by atoms with Crippen molar-refractivity contribution in [1.82, 2.24) is 0 Å². The third kappa shape index (κ3) is 44.8. The molecule has 0 saturated heterocycles. The molecule has 0 N–H and O–H groups in total. The Labute approximate surface area is 349 Å². The van der Waals surface area contributed by atoms with E-state index in [0.717, 1.165) is 64.2 Å². The molecule has 328 valence electrons. The van der Waals surface area contributed by atoms with Crippen molar-refractivity contribution in [1.29, 1.82) is 0 Å². The van der Waals surface area contributed by atoms with E-state index >= 15 is 0 Å². The van der Waals surface area contributed by atoms with Gasteiger partial charge in [-0.05, 0) is 77.0 Å². The number of hydrogen-bond donors (Lipinski definition) is 0. The average Bonchev–Trinajstić information content (AvgIpc) is 3.20. The second-order valence-corrected chi connectivity index (χ2v) is 16.4. The van der Waals surface area contributed by atoms with Crippen LogP contribution in [0.2, 0.25) is 0 Å². The van der Waals surface area contributed by atoms with Crippen LogP contribution < -0.4 is 0 Å². The molecule has 0 heterocycles. The van der Waals surface area contributed by atoms with Crippen molar-refractivity contribution in [3.05, 3.63) is 36.5 Å². The van der Waals surface area contributed by atoms with E-state index in [1.807, 2.05) is 0 Å². The van der Waals surface area contributed by atoms with Crippen molar-refractivity contribution in [3.63, 3.8) is 0 Å². The molecule has 0 saturated carbocycles. The molecule has 0 radical (unpaired) electrons. The Morgan fingerprint density at radius 3 is 1.23 bits per heavy atom. The summed E-state index contributed by atoms with van der Waals surface area (Å²) >= 11 is 0. The monoisotopic (exact) mass is 787 g/mol. The van der Waals surface area contributed by atoms with Gasteiger partial charge in [-0.2, -0.15) is 0 Å². The van der Waals surface area contributed by atoms with Crippen LogP contribution in [0.3, 0.4) is 0 Å². The number of allylic oxidation sites excluding steroid dienone is 6. The first-order valence-corrected chi connectivity index (χ1v) is 24.5. The van der Waals surface area contributed by atoms with Crippen LogP contribution in [0.5, 0.6) is 0 Å². The number of hydrogen-bond acceptors (Lipinski definition) is 5. The summed E-state index contributed by atoms with van der Waals surface area (Å²) in [4.78, 5) is 25.1. The first-order valence-electron chi connectivity index (χ1n) is 24.5. The Morgan fingerprint density at radius 1 is 0.393 bits per heavy atom. The predicted octanol–water partition coefficient (Wildman–Crippen LogP) is 16.2. The summed E-state index contributed by atoms with van der Waals surface area (Å²) in [5.41, 5.74) is 0. The lowest BCUT2D eigenvalue weighted by molar-refractivity contribution is -0.163. The summed E-state index contributed by atoms with van der Waals surface area (Å²) in [6.45, 7) is 7.74. The van der Waals surface area contributed by atoms with Crippen LogP contribution in [0.1, 0.15) is 252 Å². The first-order chi connectivity index (χ1) is 27.6. The van der Waals surface area contributed by atoms with Gasteiger partial charge < -0.3 is 14.2 Å². The second kappa shape index (κ2) is 47.5. The van der Waals surface area contributed by atoms with Gasteiger partial charge in [-0.25, -0.2) is 0 Å². The Hall–Kier alpha value is -1.88. The quantitative estimate of drug-likeness (QED) is 0.0349. The lowest BCUT2D eigenvalue weighted by Crippen LogP contribution is -2.30. The fraction of sp³-hybridized carbons (Fsp3) is 0.843. The maximum Gasteiger partial charge on any atom is 0.306 e. The number of carbonyl (C=O) groups is 2. The lowest BCUT2D eigenvalue weighted by Gasteiger charge is -2.18. The van der Waals surface area contributed by atoms with Gasteiger partial charge >= 0.3 is 11.9 Å². The summed E-state index contributed by atoms with van der Waals surface area (Å²) in [5.74, 6) is -0.413. The zero-order valence-electron chi connectivity index (χ0n) is 37.7. The Bertz CT molecular complexity index is 893. The van der Waals surface area contributed by atoms with Crippen molar-refractivity contribution in [2.45, 2.75) is 258 Å². The van der Waals surface area contributed by atoms with Gasteiger partial charge in [0.2, 0.25) is 0 Å². The van der Waals surface area contributed by atoms with Crippen LogP contribution in [0.25, 0.3) is 0 Å². The number of rotatable bonds is 45. The number of carbonyl (C=O) groups excluding carboxylic acids is 2. The maximum atomic E-state index is 12.6. The summed E-state index contributed by atoms with van der Waals surface area (Å²) in [6, 6.07) is 0. The second-order valence-electron chi connectivity index (χ2n) is 16.4. The minimum absolute atomic E-state index is 0.0824. The fourth-order valence-electron chi connectivity index (χ4n) is 6.95. The standard InChI is InChI=1S/C51H94O5/c1-4-7-10-13-15-17-19-21-23-24-25-26-27-29-31-33-35-37-40-43-46-54-47-49(56-51(53)45-42-38-12-9-6-3)48-55-50(52)44-41-39-36-34-32-30-28-22-20-18-16-14-11-8-5-2/h15,17,21-23,28,49H,4-14,16,18-20,24-27,29-48H2,1-3H3/b17-15-,23-21-,28-22-. The third-order valence-corrected chi connectivity index (χ3v) is 10.6. The van der Waals surface area contributed by atoms with E-state index in [1.54, 1.807) is 0 Å². The molecule has 0 aromatic carbocycles. The summed E-state index contributed by atoms with van der Waals surface area (Å²) in [7, 11) is 0. The van der Waals surface area contributed by atoms with Crippen LogP contribution in [0, 0.1) is 0 Å². The summed E-state index contributed by atoms with van der Waals surface area (Å²) in [5, 5.41) is 0. The van der Waals surface area contributed by atoms with Gasteiger partial charge in [-0.15, -0.1) is 0 Å². The van der Waals surface area contributed by atoms with Gasteiger partial charge in [-0.1, -0.05) is 198 Å². The Morgan fingerprint density at radius 2 is 0.750 bits per heavy atom. The largest absolute Gasteiger partial charge is 0.462 e. The van der Waals surface area contributed by atoms with Gasteiger partial charge in [0, 0.05) is 19.4 Å². The molecule has 5 nitrogen and oxygen atoms in total. The van der Waals surface area contributed by atoms with Crippen LogP contribution in [-0.2, 0) is 23.8 Å². The normalized spacial score (nSPS) is 12.4. The smallest absolute Gasteiger partial charge is 0.306 e. The SMILES string of the molecule is CCCCC/C=C\C/C=C\CCCCCCCCCCCCOCC(COC(=O)CCCCCCC/C=C\CCCCCCCC)OC(=O)CCCCCCC. The van der Waals surface area contributed by atoms with E-state index in [9.17, 15) is 9.59 Å². The average molecular weight is 787 g/mol. The molecule has 0 spiro atoms. The van der Waals surface area contributed by atoms with Gasteiger partial charge in [0.15, 0.2) is 6.10 Å². The number of esters is 2. The van der Waals surface area contributed by atoms with Gasteiger partial charge in [0.05, 0.1) is 6.61 Å². The number of unbranched alkanes of at least 4 members (excludes halogenated alkanes) is 28. The molecule has 0 aliphatic heterocycles. The molecule has 1 atom stereocenters. The highest BCUT2D eigenvalue weighted by atomic mass is 16.6. The Kier molecular flexibility index (Phi) is 45.9. The molecule has 0 amide bonds. The third-order valence-electron chi connectivity index (χ3n) is 10.6. The highest BCUT2D eigenvalue weighted by molar-refractivity contribution is 5.70. The van der Waals surface area contributed by atoms with E-state index in [0.29, 0.717) is 19.4 Å². The van der Waals surface area contributed by atoms with Gasteiger partial charge in [0.1, 0.15) is 6.61 Å².